The third-order valence-electron chi connectivity index (χ3n) is 5.04. The van der Waals surface area contributed by atoms with Crippen LogP contribution in [0.5, 0.6) is 11.5 Å². The summed E-state index contributed by atoms with van der Waals surface area (Å²) >= 11 is 16.5. The van der Waals surface area contributed by atoms with Crippen molar-refractivity contribution in [3.8, 4) is 11.5 Å². The maximum Gasteiger partial charge on any atom is 0.293 e. The molecule has 1 aliphatic heterocycles. The molecule has 0 aliphatic carbocycles. The van der Waals surface area contributed by atoms with Crippen LogP contribution in [0.3, 0.4) is 0 Å². The van der Waals surface area contributed by atoms with Gasteiger partial charge >= 0.3 is 0 Å². The standard InChI is InChI=1S/C25H18BrCl2NO4S/c1-32-22-10-15(6-9-21(22)33-14-17-7-8-18(27)12-20(17)28)11-23-24(30)29(25(31)34-23)13-16-4-2-3-5-19(16)26/h2-12H,13-14H2,1H3/b23-11-. The van der Waals surface area contributed by atoms with Crippen LogP contribution in [0.2, 0.25) is 10.0 Å². The number of rotatable bonds is 7. The Morgan fingerprint density at radius 2 is 1.79 bits per heavy atom. The number of carbonyl (C=O) groups excluding carboxylic acids is 2. The third kappa shape index (κ3) is 5.61. The van der Waals surface area contributed by atoms with Gasteiger partial charge in [-0.1, -0.05) is 69.5 Å². The minimum absolute atomic E-state index is 0.201. The first-order valence-electron chi connectivity index (χ1n) is 10.1. The van der Waals surface area contributed by atoms with Crippen molar-refractivity contribution in [2.24, 2.45) is 0 Å². The Morgan fingerprint density at radius 3 is 2.53 bits per heavy atom. The molecule has 1 aliphatic rings. The Kier molecular flexibility index (Phi) is 7.88. The molecule has 0 N–H and O–H groups in total. The predicted octanol–water partition coefficient (Wildman–Crippen LogP) is 7.58. The number of amides is 2. The molecule has 2 amide bonds. The molecule has 0 aromatic heterocycles. The highest BCUT2D eigenvalue weighted by Crippen LogP contribution is 2.36. The smallest absolute Gasteiger partial charge is 0.293 e. The van der Waals surface area contributed by atoms with E-state index in [4.69, 9.17) is 32.7 Å². The van der Waals surface area contributed by atoms with Gasteiger partial charge in [0.05, 0.1) is 18.6 Å². The monoisotopic (exact) mass is 577 g/mol. The van der Waals surface area contributed by atoms with Gasteiger partial charge in [0.15, 0.2) is 11.5 Å². The summed E-state index contributed by atoms with van der Waals surface area (Å²) in [4.78, 5) is 27.0. The molecule has 0 bridgehead atoms. The van der Waals surface area contributed by atoms with Crippen LogP contribution in [0, 0.1) is 0 Å². The van der Waals surface area contributed by atoms with Crippen LogP contribution >= 0.6 is 50.9 Å². The number of carbonyl (C=O) groups is 2. The van der Waals surface area contributed by atoms with Crippen molar-refractivity contribution in [3.63, 3.8) is 0 Å². The molecule has 1 heterocycles. The second-order valence-electron chi connectivity index (χ2n) is 7.29. The fourth-order valence-electron chi connectivity index (χ4n) is 3.27. The minimum Gasteiger partial charge on any atom is -0.493 e. The lowest BCUT2D eigenvalue weighted by molar-refractivity contribution is -0.123. The van der Waals surface area contributed by atoms with E-state index in [2.05, 4.69) is 15.9 Å². The van der Waals surface area contributed by atoms with Gasteiger partial charge in [-0.05, 0) is 59.3 Å². The van der Waals surface area contributed by atoms with Gasteiger partial charge in [0, 0.05) is 20.1 Å². The van der Waals surface area contributed by atoms with Gasteiger partial charge in [-0.2, -0.15) is 0 Å². The SMILES string of the molecule is COc1cc(/C=C2\SC(=O)N(Cc3ccccc3Br)C2=O)ccc1OCc1ccc(Cl)cc1Cl. The summed E-state index contributed by atoms with van der Waals surface area (Å²) in [5, 5.41) is 0.761. The fraction of sp³-hybridized carbons (Fsp3) is 0.120. The Labute approximate surface area is 219 Å². The van der Waals surface area contributed by atoms with Gasteiger partial charge in [0.2, 0.25) is 0 Å². The van der Waals surface area contributed by atoms with Crippen molar-refractivity contribution in [3.05, 3.63) is 96.8 Å². The molecule has 3 aromatic carbocycles. The van der Waals surface area contributed by atoms with Crippen LogP contribution in [-0.2, 0) is 17.9 Å². The van der Waals surface area contributed by atoms with Crippen molar-refractivity contribution in [1.82, 2.24) is 4.90 Å². The molecule has 1 fully saturated rings. The molecule has 0 atom stereocenters. The van der Waals surface area contributed by atoms with Crippen LogP contribution in [0.1, 0.15) is 16.7 Å². The molecule has 5 nitrogen and oxygen atoms in total. The Morgan fingerprint density at radius 1 is 1.00 bits per heavy atom. The maximum atomic E-state index is 12.9. The average molecular weight is 579 g/mol. The number of hydrogen-bond acceptors (Lipinski definition) is 5. The third-order valence-corrected chi connectivity index (χ3v) is 7.31. The highest BCUT2D eigenvalue weighted by atomic mass is 79.9. The summed E-state index contributed by atoms with van der Waals surface area (Å²) in [6, 6.07) is 18.0. The highest BCUT2D eigenvalue weighted by Gasteiger charge is 2.35. The summed E-state index contributed by atoms with van der Waals surface area (Å²) in [6.45, 7) is 0.437. The van der Waals surface area contributed by atoms with Gasteiger partial charge in [0.1, 0.15) is 6.61 Å². The number of imide groups is 1. The number of benzene rings is 3. The molecule has 0 unspecified atom stereocenters. The fourth-order valence-corrected chi connectivity index (χ4v) is 4.98. The lowest BCUT2D eigenvalue weighted by atomic mass is 10.1. The molecule has 174 valence electrons. The Balaban J connectivity index is 1.50. The second kappa shape index (κ2) is 10.9. The zero-order chi connectivity index (χ0) is 24.2. The van der Waals surface area contributed by atoms with Gasteiger partial charge < -0.3 is 9.47 Å². The van der Waals surface area contributed by atoms with E-state index in [0.717, 1.165) is 27.4 Å². The van der Waals surface area contributed by atoms with Crippen LogP contribution in [-0.4, -0.2) is 23.2 Å². The molecule has 1 saturated heterocycles. The van der Waals surface area contributed by atoms with Crippen LogP contribution in [0.15, 0.2) is 70.0 Å². The van der Waals surface area contributed by atoms with E-state index in [-0.39, 0.29) is 24.3 Å². The van der Waals surface area contributed by atoms with Gasteiger partial charge in [-0.15, -0.1) is 0 Å². The summed E-state index contributed by atoms with van der Waals surface area (Å²) in [6.07, 6.45) is 1.67. The molecule has 0 spiro atoms. The van der Waals surface area contributed by atoms with Gasteiger partial charge in [-0.25, -0.2) is 0 Å². The second-order valence-corrected chi connectivity index (χ2v) is 9.99. The topological polar surface area (TPSA) is 55.8 Å². The lowest BCUT2D eigenvalue weighted by Crippen LogP contribution is -2.27. The van der Waals surface area contributed by atoms with Crippen molar-refractivity contribution in [2.75, 3.05) is 7.11 Å². The summed E-state index contributed by atoms with van der Waals surface area (Å²) in [7, 11) is 1.53. The van der Waals surface area contributed by atoms with E-state index in [1.807, 2.05) is 24.3 Å². The largest absolute Gasteiger partial charge is 0.493 e. The number of hydrogen-bond donors (Lipinski definition) is 0. The molecule has 0 saturated carbocycles. The minimum atomic E-state index is -0.331. The number of ether oxygens (including phenoxy) is 2. The quantitative estimate of drug-likeness (QED) is 0.270. The Bertz CT molecular complexity index is 1300. The normalized spacial score (nSPS) is 14.7. The molecule has 34 heavy (non-hydrogen) atoms. The van der Waals surface area contributed by atoms with E-state index in [0.29, 0.717) is 32.0 Å². The summed E-state index contributed by atoms with van der Waals surface area (Å²) < 4.78 is 12.2. The lowest BCUT2D eigenvalue weighted by Gasteiger charge is -2.13. The first-order valence-corrected chi connectivity index (χ1v) is 12.5. The first kappa shape index (κ1) is 24.7. The van der Waals surface area contributed by atoms with E-state index in [9.17, 15) is 9.59 Å². The van der Waals surface area contributed by atoms with E-state index >= 15 is 0 Å². The molecular weight excluding hydrogens is 561 g/mol. The Hall–Kier alpha value is -2.45. The van der Waals surface area contributed by atoms with Crippen LogP contribution in [0.25, 0.3) is 6.08 Å². The first-order chi connectivity index (χ1) is 16.4. The summed E-state index contributed by atoms with van der Waals surface area (Å²) in [5.41, 5.74) is 2.35. The van der Waals surface area contributed by atoms with E-state index < -0.39 is 0 Å². The van der Waals surface area contributed by atoms with Crippen molar-refractivity contribution < 1.29 is 19.1 Å². The van der Waals surface area contributed by atoms with Crippen molar-refractivity contribution in [1.29, 1.82) is 0 Å². The average Bonchev–Trinajstić information content (AvgIpc) is 3.07. The molecule has 4 rings (SSSR count). The van der Waals surface area contributed by atoms with E-state index in [1.165, 1.54) is 12.0 Å². The zero-order valence-electron chi connectivity index (χ0n) is 17.9. The molecule has 3 aromatic rings. The number of thioether (sulfide) groups is 1. The van der Waals surface area contributed by atoms with Crippen LogP contribution in [0.4, 0.5) is 4.79 Å². The summed E-state index contributed by atoms with van der Waals surface area (Å²) in [5.74, 6) is 0.682. The molecular formula is C25H18BrCl2NO4S. The van der Waals surface area contributed by atoms with Crippen LogP contribution < -0.4 is 9.47 Å². The van der Waals surface area contributed by atoms with Gasteiger partial charge in [-0.3, -0.25) is 14.5 Å². The molecule has 9 heteroatoms. The maximum absolute atomic E-state index is 12.9. The van der Waals surface area contributed by atoms with Gasteiger partial charge in [0.25, 0.3) is 11.1 Å². The number of methoxy groups -OCH3 is 1. The highest BCUT2D eigenvalue weighted by molar-refractivity contribution is 9.10. The number of halogens is 3. The van der Waals surface area contributed by atoms with Crippen molar-refractivity contribution in [2.45, 2.75) is 13.2 Å². The molecule has 0 radical (unpaired) electrons. The van der Waals surface area contributed by atoms with E-state index in [1.54, 1.807) is 42.5 Å². The predicted molar refractivity (Wildman–Crippen MR) is 139 cm³/mol. The van der Waals surface area contributed by atoms with Crippen molar-refractivity contribution >= 4 is 68.1 Å². The zero-order valence-corrected chi connectivity index (χ0v) is 21.8. The number of nitrogens with zero attached hydrogens (tertiary/aromatic N) is 1.